The third-order valence-corrected chi connectivity index (χ3v) is 5.21. The van der Waals surface area contributed by atoms with Crippen molar-refractivity contribution in [3.05, 3.63) is 59.9 Å². The molecule has 0 heterocycles. The minimum Gasteiger partial charge on any atom is -0.354 e. The molecule has 150 valence electrons. The largest absolute Gasteiger partial charge is 0.354 e. The van der Waals surface area contributed by atoms with Crippen LogP contribution in [0.15, 0.2) is 53.4 Å². The molecular weight excluding hydrogens is 385 g/mol. The summed E-state index contributed by atoms with van der Waals surface area (Å²) in [6, 6.07) is 9.46. The highest BCUT2D eigenvalue weighted by Crippen LogP contribution is 2.17. The molecule has 0 radical (unpaired) electrons. The monoisotopic (exact) mass is 407 g/mol. The molecule has 1 atom stereocenters. The van der Waals surface area contributed by atoms with Crippen LogP contribution in [0.1, 0.15) is 30.6 Å². The summed E-state index contributed by atoms with van der Waals surface area (Å²) in [5.41, 5.74) is 0.523. The van der Waals surface area contributed by atoms with Gasteiger partial charge < -0.3 is 10.6 Å². The van der Waals surface area contributed by atoms with Gasteiger partial charge in [-0.3, -0.25) is 14.3 Å². The van der Waals surface area contributed by atoms with Crippen LogP contribution >= 0.6 is 0 Å². The van der Waals surface area contributed by atoms with E-state index in [0.29, 0.717) is 6.54 Å². The topological polar surface area (TPSA) is 104 Å². The molecule has 0 aliphatic carbocycles. The fraction of sp³-hybridized carbons (Fsp3) is 0.263. The fourth-order valence-corrected chi connectivity index (χ4v) is 3.32. The number of benzene rings is 2. The first-order valence-electron chi connectivity index (χ1n) is 8.70. The number of halogens is 1. The molecular formula is C19H22FN3O4S. The minimum absolute atomic E-state index is 0.0809. The van der Waals surface area contributed by atoms with Crippen LogP contribution in [0.2, 0.25) is 0 Å². The standard InChI is InChI=1S/C19H22FN3O4S/c1-3-12-21-18(24)13(2)22-19(25)14-4-8-16(9-5-14)23-28(26,27)17-10-6-15(20)7-11-17/h4-11,13,23H,3,12H2,1-2H3,(H,21,24)(H,22,25)/t13-/m1/s1. The van der Waals surface area contributed by atoms with Gasteiger partial charge in [0.15, 0.2) is 0 Å². The Bertz CT molecular complexity index is 929. The van der Waals surface area contributed by atoms with Crippen LogP contribution in [0.25, 0.3) is 0 Å². The predicted octanol–water partition coefficient (Wildman–Crippen LogP) is 2.27. The number of amides is 2. The van der Waals surface area contributed by atoms with Crippen LogP contribution in [-0.4, -0.2) is 32.8 Å². The van der Waals surface area contributed by atoms with Crippen molar-refractivity contribution in [2.75, 3.05) is 11.3 Å². The lowest BCUT2D eigenvalue weighted by Gasteiger charge is -2.14. The SMILES string of the molecule is CCCNC(=O)[C@@H](C)NC(=O)c1ccc(NS(=O)(=O)c2ccc(F)cc2)cc1. The summed E-state index contributed by atoms with van der Waals surface area (Å²) >= 11 is 0. The molecule has 2 amide bonds. The van der Waals surface area contributed by atoms with Gasteiger partial charge in [-0.15, -0.1) is 0 Å². The molecule has 0 spiro atoms. The van der Waals surface area contributed by atoms with Crippen molar-refractivity contribution in [1.29, 1.82) is 0 Å². The summed E-state index contributed by atoms with van der Waals surface area (Å²) in [4.78, 5) is 23.9. The molecule has 7 nitrogen and oxygen atoms in total. The number of carbonyl (C=O) groups excluding carboxylic acids is 2. The van der Waals surface area contributed by atoms with Gasteiger partial charge in [0.2, 0.25) is 5.91 Å². The molecule has 3 N–H and O–H groups in total. The Labute approximate surface area is 163 Å². The molecule has 0 aromatic heterocycles. The molecule has 0 aliphatic rings. The third kappa shape index (κ3) is 5.78. The number of carbonyl (C=O) groups is 2. The second-order valence-corrected chi connectivity index (χ2v) is 7.81. The summed E-state index contributed by atoms with van der Waals surface area (Å²) in [7, 11) is -3.87. The second-order valence-electron chi connectivity index (χ2n) is 6.12. The lowest BCUT2D eigenvalue weighted by Crippen LogP contribution is -2.44. The summed E-state index contributed by atoms with van der Waals surface area (Å²) < 4.78 is 39.9. The van der Waals surface area contributed by atoms with Gasteiger partial charge in [0.25, 0.3) is 15.9 Å². The summed E-state index contributed by atoms with van der Waals surface area (Å²) in [6.07, 6.45) is 0.793. The maximum Gasteiger partial charge on any atom is 0.261 e. The third-order valence-electron chi connectivity index (χ3n) is 3.81. The van der Waals surface area contributed by atoms with E-state index in [1.54, 1.807) is 6.92 Å². The van der Waals surface area contributed by atoms with Crippen molar-refractivity contribution in [2.45, 2.75) is 31.2 Å². The number of anilines is 1. The van der Waals surface area contributed by atoms with Gasteiger partial charge in [-0.2, -0.15) is 0 Å². The quantitative estimate of drug-likeness (QED) is 0.624. The van der Waals surface area contributed by atoms with E-state index in [-0.39, 0.29) is 22.1 Å². The maximum atomic E-state index is 12.9. The first-order valence-corrected chi connectivity index (χ1v) is 10.2. The fourth-order valence-electron chi connectivity index (χ4n) is 2.26. The van der Waals surface area contributed by atoms with Gasteiger partial charge in [-0.1, -0.05) is 6.92 Å². The lowest BCUT2D eigenvalue weighted by atomic mass is 10.2. The van der Waals surface area contributed by atoms with E-state index in [4.69, 9.17) is 0 Å². The first kappa shape index (κ1) is 21.4. The molecule has 0 saturated carbocycles. The van der Waals surface area contributed by atoms with Crippen molar-refractivity contribution < 1.29 is 22.4 Å². The Kier molecular flexibility index (Phi) is 7.11. The lowest BCUT2D eigenvalue weighted by molar-refractivity contribution is -0.122. The molecule has 0 unspecified atom stereocenters. The summed E-state index contributed by atoms with van der Waals surface area (Å²) in [5.74, 6) is -1.27. The molecule has 0 saturated heterocycles. The van der Waals surface area contributed by atoms with Crippen molar-refractivity contribution in [2.24, 2.45) is 0 Å². The summed E-state index contributed by atoms with van der Waals surface area (Å²) in [5, 5.41) is 5.27. The van der Waals surface area contributed by atoms with E-state index in [0.717, 1.165) is 30.7 Å². The van der Waals surface area contributed by atoms with Crippen molar-refractivity contribution in [1.82, 2.24) is 10.6 Å². The number of hydrogen-bond donors (Lipinski definition) is 3. The molecule has 2 aromatic rings. The van der Waals surface area contributed by atoms with E-state index in [2.05, 4.69) is 15.4 Å². The average molecular weight is 407 g/mol. The van der Waals surface area contributed by atoms with Crippen LogP contribution < -0.4 is 15.4 Å². The Balaban J connectivity index is 2.01. The van der Waals surface area contributed by atoms with Gasteiger partial charge in [-0.05, 0) is 61.9 Å². The van der Waals surface area contributed by atoms with Crippen LogP contribution in [0, 0.1) is 5.82 Å². The normalized spacial score (nSPS) is 12.1. The van der Waals surface area contributed by atoms with Gasteiger partial charge in [0.05, 0.1) is 4.90 Å². The van der Waals surface area contributed by atoms with E-state index >= 15 is 0 Å². The van der Waals surface area contributed by atoms with Crippen LogP contribution in [0.5, 0.6) is 0 Å². The minimum atomic E-state index is -3.87. The number of rotatable bonds is 8. The number of hydrogen-bond acceptors (Lipinski definition) is 4. The van der Waals surface area contributed by atoms with Gasteiger partial charge in [0, 0.05) is 17.8 Å². The molecule has 2 aromatic carbocycles. The van der Waals surface area contributed by atoms with Crippen LogP contribution in [-0.2, 0) is 14.8 Å². The number of sulfonamides is 1. The zero-order valence-corrected chi connectivity index (χ0v) is 16.3. The Morgan fingerprint density at radius 3 is 2.21 bits per heavy atom. The molecule has 0 bridgehead atoms. The highest BCUT2D eigenvalue weighted by molar-refractivity contribution is 7.92. The smallest absolute Gasteiger partial charge is 0.261 e. The van der Waals surface area contributed by atoms with E-state index < -0.39 is 27.8 Å². The maximum absolute atomic E-state index is 12.9. The predicted molar refractivity (Wildman–Crippen MR) is 104 cm³/mol. The van der Waals surface area contributed by atoms with Crippen LogP contribution in [0.3, 0.4) is 0 Å². The Morgan fingerprint density at radius 2 is 1.64 bits per heavy atom. The zero-order chi connectivity index (χ0) is 20.7. The average Bonchev–Trinajstić information content (AvgIpc) is 2.66. The Hall–Kier alpha value is -2.94. The first-order chi connectivity index (χ1) is 13.2. The number of nitrogens with one attached hydrogen (secondary N) is 3. The second kappa shape index (κ2) is 9.32. The molecule has 28 heavy (non-hydrogen) atoms. The van der Waals surface area contributed by atoms with Gasteiger partial charge >= 0.3 is 0 Å². The zero-order valence-electron chi connectivity index (χ0n) is 15.5. The molecule has 9 heteroatoms. The van der Waals surface area contributed by atoms with E-state index in [1.807, 2.05) is 6.92 Å². The van der Waals surface area contributed by atoms with Gasteiger partial charge in [-0.25, -0.2) is 12.8 Å². The molecule has 0 aliphatic heterocycles. The summed E-state index contributed by atoms with van der Waals surface area (Å²) in [6.45, 7) is 4.03. The van der Waals surface area contributed by atoms with Crippen molar-refractivity contribution in [3.63, 3.8) is 0 Å². The highest BCUT2D eigenvalue weighted by Gasteiger charge is 2.17. The Morgan fingerprint density at radius 1 is 1.04 bits per heavy atom. The van der Waals surface area contributed by atoms with E-state index in [9.17, 15) is 22.4 Å². The van der Waals surface area contributed by atoms with E-state index in [1.165, 1.54) is 24.3 Å². The van der Waals surface area contributed by atoms with Crippen LogP contribution in [0.4, 0.5) is 10.1 Å². The van der Waals surface area contributed by atoms with Crippen molar-refractivity contribution >= 4 is 27.5 Å². The molecule has 0 fully saturated rings. The van der Waals surface area contributed by atoms with Crippen molar-refractivity contribution in [3.8, 4) is 0 Å². The molecule has 2 rings (SSSR count). The highest BCUT2D eigenvalue weighted by atomic mass is 32.2. The van der Waals surface area contributed by atoms with Gasteiger partial charge in [0.1, 0.15) is 11.9 Å².